The Kier molecular flexibility index (Phi) is 5.19. The van der Waals surface area contributed by atoms with Crippen molar-refractivity contribution in [3.05, 3.63) is 52.8 Å². The first-order chi connectivity index (χ1) is 13.1. The molecule has 142 valence electrons. The van der Waals surface area contributed by atoms with Crippen LogP contribution >= 0.6 is 23.4 Å². The topological polar surface area (TPSA) is 47.0 Å². The Morgan fingerprint density at radius 2 is 2.19 bits per heavy atom. The number of benzene rings is 1. The lowest BCUT2D eigenvalue weighted by atomic mass is 9.96. The molecule has 0 unspecified atom stereocenters. The fourth-order valence-electron chi connectivity index (χ4n) is 3.67. The second-order valence-corrected chi connectivity index (χ2v) is 8.42. The normalized spacial score (nSPS) is 23.9. The lowest BCUT2D eigenvalue weighted by Gasteiger charge is -2.28. The number of hydrogen-bond donors (Lipinski definition) is 0. The van der Waals surface area contributed by atoms with Gasteiger partial charge in [-0.25, -0.2) is 0 Å². The molecule has 1 saturated heterocycles. The van der Waals surface area contributed by atoms with Crippen molar-refractivity contribution in [2.24, 2.45) is 4.99 Å². The van der Waals surface area contributed by atoms with E-state index in [4.69, 9.17) is 26.1 Å². The predicted molar refractivity (Wildman–Crippen MR) is 110 cm³/mol. The van der Waals surface area contributed by atoms with E-state index in [1.54, 1.807) is 7.11 Å². The lowest BCUT2D eigenvalue weighted by Crippen LogP contribution is -2.28. The molecule has 3 atom stereocenters. The number of ether oxygens (including phenoxy) is 2. The standard InChI is InChI=1S/C20H22ClN3O2S/c1-4-26-19-14(21)9-13(10-16(19)25-3)18-17(15-7-5-6-8-22-15)23-20-24(18)11-12(2)27-20/h5-10,12,17-18H,4,11H2,1-3H3/t12-,17+,18-/m0/s1. The lowest BCUT2D eigenvalue weighted by molar-refractivity contribution is 0.304. The summed E-state index contributed by atoms with van der Waals surface area (Å²) in [4.78, 5) is 11.9. The Balaban J connectivity index is 1.79. The maximum atomic E-state index is 6.55. The van der Waals surface area contributed by atoms with Gasteiger partial charge < -0.3 is 14.4 Å². The number of rotatable bonds is 5. The predicted octanol–water partition coefficient (Wildman–Crippen LogP) is 4.73. The van der Waals surface area contributed by atoms with Crippen molar-refractivity contribution < 1.29 is 9.47 Å². The van der Waals surface area contributed by atoms with Crippen LogP contribution in [0.4, 0.5) is 0 Å². The molecule has 0 saturated carbocycles. The molecule has 0 N–H and O–H groups in total. The van der Waals surface area contributed by atoms with Crippen LogP contribution in [-0.4, -0.2) is 40.6 Å². The number of aliphatic imine (C=N–C) groups is 1. The van der Waals surface area contributed by atoms with Gasteiger partial charge in [-0.05, 0) is 36.8 Å². The maximum Gasteiger partial charge on any atom is 0.179 e. The van der Waals surface area contributed by atoms with Gasteiger partial charge in [0.1, 0.15) is 6.04 Å². The highest BCUT2D eigenvalue weighted by atomic mass is 35.5. The number of methoxy groups -OCH3 is 1. The average Bonchev–Trinajstić information content (AvgIpc) is 3.20. The molecule has 0 radical (unpaired) electrons. The van der Waals surface area contributed by atoms with E-state index in [0.717, 1.165) is 23.0 Å². The zero-order valence-electron chi connectivity index (χ0n) is 15.6. The van der Waals surface area contributed by atoms with E-state index in [9.17, 15) is 0 Å². The summed E-state index contributed by atoms with van der Waals surface area (Å²) >= 11 is 8.37. The van der Waals surface area contributed by atoms with Gasteiger partial charge in [0.2, 0.25) is 0 Å². The Labute approximate surface area is 168 Å². The Bertz CT molecular complexity index is 862. The summed E-state index contributed by atoms with van der Waals surface area (Å²) in [6, 6.07) is 9.92. The highest BCUT2D eigenvalue weighted by Crippen LogP contribution is 2.49. The van der Waals surface area contributed by atoms with Crippen LogP contribution < -0.4 is 9.47 Å². The molecule has 1 fully saturated rings. The molecular formula is C20H22ClN3O2S. The quantitative estimate of drug-likeness (QED) is 0.722. The van der Waals surface area contributed by atoms with E-state index in [0.29, 0.717) is 28.4 Å². The van der Waals surface area contributed by atoms with Crippen molar-refractivity contribution in [3.8, 4) is 11.5 Å². The number of nitrogens with zero attached hydrogens (tertiary/aromatic N) is 3. The van der Waals surface area contributed by atoms with Gasteiger partial charge >= 0.3 is 0 Å². The van der Waals surface area contributed by atoms with Gasteiger partial charge in [-0.2, -0.15) is 0 Å². The van der Waals surface area contributed by atoms with Crippen LogP contribution in [0.3, 0.4) is 0 Å². The number of aromatic nitrogens is 1. The van der Waals surface area contributed by atoms with Gasteiger partial charge in [0.25, 0.3) is 0 Å². The van der Waals surface area contributed by atoms with Crippen LogP contribution in [0, 0.1) is 0 Å². The fraction of sp³-hybridized carbons (Fsp3) is 0.400. The second-order valence-electron chi connectivity index (χ2n) is 6.60. The average molecular weight is 404 g/mol. The molecule has 7 heteroatoms. The molecule has 2 aliphatic heterocycles. The molecule has 1 aromatic carbocycles. The zero-order chi connectivity index (χ0) is 19.0. The summed E-state index contributed by atoms with van der Waals surface area (Å²) < 4.78 is 11.2. The summed E-state index contributed by atoms with van der Waals surface area (Å²) in [5, 5.41) is 2.14. The van der Waals surface area contributed by atoms with Crippen LogP contribution in [-0.2, 0) is 0 Å². The van der Waals surface area contributed by atoms with Crippen molar-refractivity contribution in [3.63, 3.8) is 0 Å². The molecule has 2 aromatic rings. The van der Waals surface area contributed by atoms with E-state index >= 15 is 0 Å². The van der Waals surface area contributed by atoms with Gasteiger partial charge in [-0.3, -0.25) is 9.98 Å². The summed E-state index contributed by atoms with van der Waals surface area (Å²) in [5.41, 5.74) is 2.02. The highest BCUT2D eigenvalue weighted by molar-refractivity contribution is 8.14. The SMILES string of the molecule is CCOc1c(Cl)cc([C@H]2[C@@H](c3ccccn3)N=C3S[C@@H](C)CN32)cc1OC. The van der Waals surface area contributed by atoms with Gasteiger partial charge in [-0.15, -0.1) is 0 Å². The van der Waals surface area contributed by atoms with Crippen LogP contribution in [0.2, 0.25) is 5.02 Å². The zero-order valence-corrected chi connectivity index (χ0v) is 17.1. The Morgan fingerprint density at radius 1 is 1.33 bits per heavy atom. The smallest absolute Gasteiger partial charge is 0.179 e. The van der Waals surface area contributed by atoms with Crippen LogP contribution in [0.1, 0.15) is 37.2 Å². The third-order valence-electron chi connectivity index (χ3n) is 4.76. The summed E-state index contributed by atoms with van der Waals surface area (Å²) in [6.45, 7) is 5.64. The third-order valence-corrected chi connectivity index (χ3v) is 6.15. The molecule has 0 aliphatic carbocycles. The van der Waals surface area contributed by atoms with Crippen molar-refractivity contribution in [1.82, 2.24) is 9.88 Å². The highest BCUT2D eigenvalue weighted by Gasteiger charge is 2.43. The number of halogens is 1. The van der Waals surface area contributed by atoms with Gasteiger partial charge in [0.05, 0.1) is 30.5 Å². The van der Waals surface area contributed by atoms with E-state index in [-0.39, 0.29) is 12.1 Å². The van der Waals surface area contributed by atoms with Gasteiger partial charge in [-0.1, -0.05) is 36.4 Å². The van der Waals surface area contributed by atoms with Crippen molar-refractivity contribution in [2.45, 2.75) is 31.2 Å². The second kappa shape index (κ2) is 7.60. The monoisotopic (exact) mass is 403 g/mol. The minimum absolute atomic E-state index is 0.0365. The first-order valence-corrected chi connectivity index (χ1v) is 10.3. The molecule has 5 nitrogen and oxygen atoms in total. The largest absolute Gasteiger partial charge is 0.493 e. The minimum Gasteiger partial charge on any atom is -0.493 e. The first kappa shape index (κ1) is 18.4. The number of thioether (sulfide) groups is 1. The minimum atomic E-state index is -0.0695. The number of amidine groups is 1. The van der Waals surface area contributed by atoms with E-state index < -0.39 is 0 Å². The number of hydrogen-bond acceptors (Lipinski definition) is 6. The number of fused-ring (bicyclic) bond motifs is 1. The summed E-state index contributed by atoms with van der Waals surface area (Å²) in [5.74, 6) is 1.23. The Morgan fingerprint density at radius 3 is 2.89 bits per heavy atom. The molecule has 27 heavy (non-hydrogen) atoms. The van der Waals surface area contributed by atoms with Crippen LogP contribution in [0.5, 0.6) is 11.5 Å². The number of pyridine rings is 1. The maximum absolute atomic E-state index is 6.55. The summed E-state index contributed by atoms with van der Waals surface area (Å²) in [7, 11) is 1.64. The molecule has 0 bridgehead atoms. The van der Waals surface area contributed by atoms with Gasteiger partial charge in [0, 0.05) is 18.0 Å². The van der Waals surface area contributed by atoms with Crippen LogP contribution in [0.25, 0.3) is 0 Å². The van der Waals surface area contributed by atoms with E-state index in [1.165, 1.54) is 0 Å². The first-order valence-electron chi connectivity index (χ1n) is 9.04. The molecule has 0 amide bonds. The molecule has 4 rings (SSSR count). The Hall–Kier alpha value is -1.92. The molecule has 1 aromatic heterocycles. The summed E-state index contributed by atoms with van der Waals surface area (Å²) in [6.07, 6.45) is 1.82. The third kappa shape index (κ3) is 3.36. The molecular weight excluding hydrogens is 382 g/mol. The van der Waals surface area contributed by atoms with Gasteiger partial charge in [0.15, 0.2) is 16.7 Å². The van der Waals surface area contributed by atoms with Crippen molar-refractivity contribution in [1.29, 1.82) is 0 Å². The van der Waals surface area contributed by atoms with Crippen molar-refractivity contribution >= 4 is 28.5 Å². The van der Waals surface area contributed by atoms with E-state index in [1.807, 2.05) is 55.2 Å². The van der Waals surface area contributed by atoms with Crippen molar-refractivity contribution in [2.75, 3.05) is 20.3 Å². The molecule has 3 heterocycles. The molecule has 2 aliphatic rings. The fourth-order valence-corrected chi connectivity index (χ4v) is 5.04. The molecule has 0 spiro atoms. The van der Waals surface area contributed by atoms with Crippen LogP contribution in [0.15, 0.2) is 41.5 Å². The van der Waals surface area contributed by atoms with E-state index in [2.05, 4.69) is 16.8 Å².